The van der Waals surface area contributed by atoms with Crippen LogP contribution in [0.1, 0.15) is 11.1 Å². The number of benzene rings is 2. The number of nitrogens with one attached hydrogen (secondary N) is 2. The summed E-state index contributed by atoms with van der Waals surface area (Å²) in [5.74, 6) is 2.66. The molecule has 2 aromatic rings. The first-order valence-corrected chi connectivity index (χ1v) is 9.00. The first-order valence-electron chi connectivity index (χ1n) is 9.00. The van der Waals surface area contributed by atoms with E-state index in [0.717, 1.165) is 16.0 Å². The first kappa shape index (κ1) is 21.4. The van der Waals surface area contributed by atoms with Crippen LogP contribution in [0, 0.1) is 0 Å². The molecule has 152 valence electrons. The first-order chi connectivity index (χ1) is 13.5. The number of hydrogen-bond donors (Lipinski definition) is 2. The van der Waals surface area contributed by atoms with E-state index in [-0.39, 0.29) is 5.91 Å². The highest BCUT2D eigenvalue weighted by molar-refractivity contribution is 5.76. The van der Waals surface area contributed by atoms with Crippen LogP contribution in [-0.4, -0.2) is 47.9 Å². The molecule has 2 rings (SSSR count). The molecule has 7 heteroatoms. The maximum atomic E-state index is 12.3. The third kappa shape index (κ3) is 5.79. The van der Waals surface area contributed by atoms with Gasteiger partial charge in [0.25, 0.3) is 5.91 Å². The lowest BCUT2D eigenvalue weighted by molar-refractivity contribution is -0.885. The standard InChI is InChI=1S/C21H28N2O5/c1-23(13-16-7-9-18(26-3)20(11-16)28-5)14-21(24)22-12-15-6-8-17(25-2)19(10-15)27-4/h6-11H,12-14H2,1-5H3,(H,22,24)/p+1. The van der Waals surface area contributed by atoms with Crippen molar-refractivity contribution in [3.63, 3.8) is 0 Å². The fourth-order valence-electron chi connectivity index (χ4n) is 2.93. The average molecular weight is 389 g/mol. The summed E-state index contributed by atoms with van der Waals surface area (Å²) in [7, 11) is 8.38. The van der Waals surface area contributed by atoms with E-state index < -0.39 is 0 Å². The van der Waals surface area contributed by atoms with Crippen LogP contribution in [0.15, 0.2) is 36.4 Å². The van der Waals surface area contributed by atoms with Gasteiger partial charge in [-0.25, -0.2) is 0 Å². The van der Waals surface area contributed by atoms with Crippen molar-refractivity contribution in [3.8, 4) is 23.0 Å². The molecule has 2 aromatic carbocycles. The highest BCUT2D eigenvalue weighted by atomic mass is 16.5. The summed E-state index contributed by atoms with van der Waals surface area (Å²) in [6.07, 6.45) is 0. The number of methoxy groups -OCH3 is 4. The van der Waals surface area contributed by atoms with Crippen LogP contribution in [0.4, 0.5) is 0 Å². The number of amides is 1. The molecule has 0 bridgehead atoms. The normalized spacial score (nSPS) is 11.5. The third-order valence-electron chi connectivity index (χ3n) is 4.35. The van der Waals surface area contributed by atoms with Crippen LogP contribution < -0.4 is 29.2 Å². The zero-order valence-electron chi connectivity index (χ0n) is 17.1. The largest absolute Gasteiger partial charge is 0.493 e. The summed E-state index contributed by atoms with van der Waals surface area (Å²) in [4.78, 5) is 13.4. The molecule has 2 N–H and O–H groups in total. The van der Waals surface area contributed by atoms with Gasteiger partial charge in [0.2, 0.25) is 0 Å². The Bertz CT molecular complexity index is 794. The average Bonchev–Trinajstić information content (AvgIpc) is 2.71. The number of hydrogen-bond acceptors (Lipinski definition) is 5. The van der Waals surface area contributed by atoms with Gasteiger partial charge in [-0.3, -0.25) is 4.79 Å². The molecule has 0 saturated heterocycles. The van der Waals surface area contributed by atoms with E-state index in [9.17, 15) is 4.79 Å². The highest BCUT2D eigenvalue weighted by Crippen LogP contribution is 2.28. The molecule has 0 radical (unpaired) electrons. The van der Waals surface area contributed by atoms with E-state index in [4.69, 9.17) is 18.9 Å². The van der Waals surface area contributed by atoms with Gasteiger partial charge >= 0.3 is 0 Å². The number of quaternary nitrogens is 1. The third-order valence-corrected chi connectivity index (χ3v) is 4.35. The van der Waals surface area contributed by atoms with Crippen molar-refractivity contribution in [3.05, 3.63) is 47.5 Å². The molecular formula is C21H29N2O5+. The number of rotatable bonds is 10. The monoisotopic (exact) mass is 389 g/mol. The van der Waals surface area contributed by atoms with Crippen LogP contribution in [0.25, 0.3) is 0 Å². The summed E-state index contributed by atoms with van der Waals surface area (Å²) in [5, 5.41) is 2.94. The maximum Gasteiger partial charge on any atom is 0.275 e. The van der Waals surface area contributed by atoms with Gasteiger partial charge in [-0.2, -0.15) is 0 Å². The number of carbonyl (C=O) groups is 1. The fraction of sp³-hybridized carbons (Fsp3) is 0.381. The minimum Gasteiger partial charge on any atom is -0.493 e. The topological polar surface area (TPSA) is 70.5 Å². The molecule has 1 amide bonds. The van der Waals surface area contributed by atoms with E-state index in [1.54, 1.807) is 28.4 Å². The van der Waals surface area contributed by atoms with Crippen LogP contribution >= 0.6 is 0 Å². The lowest BCUT2D eigenvalue weighted by Crippen LogP contribution is -3.08. The van der Waals surface area contributed by atoms with Crippen molar-refractivity contribution in [2.24, 2.45) is 0 Å². The number of ether oxygens (including phenoxy) is 4. The molecule has 0 spiro atoms. The maximum absolute atomic E-state index is 12.3. The van der Waals surface area contributed by atoms with Gasteiger partial charge in [-0.15, -0.1) is 0 Å². The van der Waals surface area contributed by atoms with Crippen molar-refractivity contribution >= 4 is 5.91 Å². The van der Waals surface area contributed by atoms with Gasteiger partial charge in [0.05, 0.1) is 35.5 Å². The zero-order valence-corrected chi connectivity index (χ0v) is 17.1. The predicted molar refractivity (Wildman–Crippen MR) is 106 cm³/mol. The molecule has 1 unspecified atom stereocenters. The van der Waals surface area contributed by atoms with Crippen molar-refractivity contribution in [1.82, 2.24) is 5.32 Å². The summed E-state index contributed by atoms with van der Waals surface area (Å²) < 4.78 is 21.1. The molecule has 0 aromatic heterocycles. The predicted octanol–water partition coefficient (Wildman–Crippen LogP) is 1.05. The van der Waals surface area contributed by atoms with Gasteiger partial charge in [-0.05, 0) is 35.9 Å². The minimum atomic E-state index is -0.0206. The van der Waals surface area contributed by atoms with E-state index >= 15 is 0 Å². The Labute approximate surface area is 166 Å². The Morgan fingerprint density at radius 3 is 1.86 bits per heavy atom. The van der Waals surface area contributed by atoms with Gasteiger partial charge in [0.15, 0.2) is 29.5 Å². The second-order valence-electron chi connectivity index (χ2n) is 6.47. The van der Waals surface area contributed by atoms with Crippen LogP contribution in [0.3, 0.4) is 0 Å². The molecule has 28 heavy (non-hydrogen) atoms. The molecule has 0 heterocycles. The van der Waals surface area contributed by atoms with Crippen LogP contribution in [0.2, 0.25) is 0 Å². The van der Waals surface area contributed by atoms with Crippen molar-refractivity contribution < 1.29 is 28.6 Å². The SMILES string of the molecule is COc1ccc(CNC(=O)C[NH+](C)Cc2ccc(OC)c(OC)c2)cc1OC. The minimum absolute atomic E-state index is 0.0206. The second kappa shape index (κ2) is 10.4. The van der Waals surface area contributed by atoms with Crippen LogP contribution in [0.5, 0.6) is 23.0 Å². The summed E-state index contributed by atoms with van der Waals surface area (Å²) in [6, 6.07) is 11.4. The molecule has 0 aliphatic heterocycles. The van der Waals surface area contributed by atoms with Gasteiger partial charge in [-0.1, -0.05) is 6.07 Å². The second-order valence-corrected chi connectivity index (χ2v) is 6.47. The van der Waals surface area contributed by atoms with E-state index in [1.165, 1.54) is 0 Å². The highest BCUT2D eigenvalue weighted by Gasteiger charge is 2.13. The molecule has 0 aliphatic rings. The van der Waals surface area contributed by atoms with Crippen LogP contribution in [-0.2, 0) is 17.9 Å². The van der Waals surface area contributed by atoms with Crippen molar-refractivity contribution in [2.45, 2.75) is 13.1 Å². The molecular weight excluding hydrogens is 360 g/mol. The molecule has 0 aliphatic carbocycles. The molecule has 0 saturated carbocycles. The Hall–Kier alpha value is -2.93. The van der Waals surface area contributed by atoms with E-state index in [1.807, 2.05) is 43.4 Å². The lowest BCUT2D eigenvalue weighted by Gasteiger charge is -2.15. The van der Waals surface area contributed by atoms with Gasteiger partial charge in [0.1, 0.15) is 6.54 Å². The fourth-order valence-corrected chi connectivity index (χ4v) is 2.93. The van der Waals surface area contributed by atoms with Gasteiger partial charge < -0.3 is 29.2 Å². The number of carbonyl (C=O) groups excluding carboxylic acids is 1. The zero-order chi connectivity index (χ0) is 20.5. The molecule has 0 fully saturated rings. The van der Waals surface area contributed by atoms with E-state index in [2.05, 4.69) is 5.32 Å². The summed E-state index contributed by atoms with van der Waals surface area (Å²) >= 11 is 0. The summed E-state index contributed by atoms with van der Waals surface area (Å²) in [5.41, 5.74) is 2.02. The Morgan fingerprint density at radius 2 is 1.32 bits per heavy atom. The quantitative estimate of drug-likeness (QED) is 0.636. The lowest BCUT2D eigenvalue weighted by atomic mass is 10.2. The smallest absolute Gasteiger partial charge is 0.275 e. The van der Waals surface area contributed by atoms with Crippen molar-refractivity contribution in [2.75, 3.05) is 42.0 Å². The Balaban J connectivity index is 1.87. The number of likely N-dealkylation sites (N-methyl/N-ethyl adjacent to an activating group) is 1. The molecule has 7 nitrogen and oxygen atoms in total. The van der Waals surface area contributed by atoms with Crippen molar-refractivity contribution in [1.29, 1.82) is 0 Å². The Kier molecular flexibility index (Phi) is 7.95. The molecule has 1 atom stereocenters. The van der Waals surface area contributed by atoms with Gasteiger partial charge in [0, 0.05) is 12.1 Å². The van der Waals surface area contributed by atoms with E-state index in [0.29, 0.717) is 42.6 Å². The Morgan fingerprint density at radius 1 is 0.821 bits per heavy atom. The summed E-state index contributed by atoms with van der Waals surface area (Å²) in [6.45, 7) is 1.49.